The molecule has 0 spiro atoms. The van der Waals surface area contributed by atoms with E-state index in [4.69, 9.17) is 10.3 Å². The first-order valence-corrected chi connectivity index (χ1v) is 4.46. The molecule has 0 aliphatic rings. The highest BCUT2D eigenvalue weighted by atomic mass is 16.3. The molecule has 3 heterocycles. The van der Waals surface area contributed by atoms with Crippen LogP contribution in [0.2, 0.25) is 0 Å². The van der Waals surface area contributed by atoms with Gasteiger partial charge in [0.2, 0.25) is 0 Å². The van der Waals surface area contributed by atoms with Crippen LogP contribution in [0.5, 0.6) is 0 Å². The Bertz CT molecular complexity index is 632. The lowest BCUT2D eigenvalue weighted by Crippen LogP contribution is -2.09. The van der Waals surface area contributed by atoms with E-state index in [1.165, 1.54) is 6.33 Å². The molecule has 0 saturated heterocycles. The summed E-state index contributed by atoms with van der Waals surface area (Å²) >= 11 is 0. The van der Waals surface area contributed by atoms with E-state index in [9.17, 15) is 0 Å². The second-order valence-electron chi connectivity index (χ2n) is 3.02. The summed E-state index contributed by atoms with van der Waals surface area (Å²) in [4.78, 5) is 5.24. The zero-order valence-electron chi connectivity index (χ0n) is 8.06. The van der Waals surface area contributed by atoms with E-state index in [1.54, 1.807) is 29.0 Å². The first-order valence-electron chi connectivity index (χ1n) is 4.46. The monoisotopic (exact) mass is 217 g/mol. The first kappa shape index (κ1) is 8.65. The second-order valence-corrected chi connectivity index (χ2v) is 3.02. The lowest BCUT2D eigenvalue weighted by atomic mass is 10.5. The molecule has 3 aromatic rings. The molecule has 2 N–H and O–H groups in total. The van der Waals surface area contributed by atoms with Crippen molar-refractivity contribution in [3.8, 4) is 0 Å². The van der Waals surface area contributed by atoms with Gasteiger partial charge in [0.05, 0.1) is 12.5 Å². The number of nitrogens with two attached hydrogens (primary N) is 1. The van der Waals surface area contributed by atoms with Crippen LogP contribution in [0, 0.1) is 0 Å². The maximum Gasteiger partial charge on any atom is 0.274 e. The van der Waals surface area contributed by atoms with Gasteiger partial charge >= 0.3 is 0 Å². The van der Waals surface area contributed by atoms with Crippen LogP contribution in [0.1, 0.15) is 5.76 Å². The van der Waals surface area contributed by atoms with Crippen molar-refractivity contribution < 1.29 is 4.42 Å². The van der Waals surface area contributed by atoms with Crippen molar-refractivity contribution in [3.63, 3.8) is 0 Å². The molecule has 0 aliphatic carbocycles. The zero-order chi connectivity index (χ0) is 11.0. The van der Waals surface area contributed by atoms with Crippen molar-refractivity contribution in [2.45, 2.75) is 0 Å². The molecule has 3 rings (SSSR count). The third-order valence-electron chi connectivity index (χ3n) is 2.01. The Balaban J connectivity index is 2.01. The molecular weight excluding hydrogens is 210 g/mol. The molecule has 0 saturated carbocycles. The van der Waals surface area contributed by atoms with Crippen LogP contribution >= 0.6 is 0 Å². The molecule has 0 radical (unpaired) electrons. The van der Waals surface area contributed by atoms with Crippen molar-refractivity contribution in [2.24, 2.45) is 4.99 Å². The van der Waals surface area contributed by atoms with Crippen LogP contribution in [0.3, 0.4) is 0 Å². The summed E-state index contributed by atoms with van der Waals surface area (Å²) in [6, 6.07) is 3.56. The molecule has 16 heavy (non-hydrogen) atoms. The van der Waals surface area contributed by atoms with Gasteiger partial charge in [-0.1, -0.05) is 0 Å². The number of aliphatic imine (C=N–C) groups is 1. The Kier molecular flexibility index (Phi) is 1.72. The minimum atomic E-state index is 0.392. The van der Waals surface area contributed by atoms with E-state index in [-0.39, 0.29) is 0 Å². The van der Waals surface area contributed by atoms with E-state index in [0.29, 0.717) is 17.5 Å². The topological polar surface area (TPSA) is 99.5 Å². The fraction of sp³-hybridized carbons (Fsp3) is 0. The Hall–Kier alpha value is -2.64. The highest BCUT2D eigenvalue weighted by Gasteiger charge is 2.07. The van der Waals surface area contributed by atoms with Crippen molar-refractivity contribution in [1.29, 1.82) is 0 Å². The highest BCUT2D eigenvalue weighted by Crippen LogP contribution is 2.09. The van der Waals surface area contributed by atoms with Crippen LogP contribution in [0.4, 0.5) is 5.95 Å². The molecule has 3 aromatic heterocycles. The number of furan rings is 1. The van der Waals surface area contributed by atoms with E-state index in [2.05, 4.69) is 20.3 Å². The number of nitrogens with zero attached hydrogens (tertiary/aromatic N) is 6. The Morgan fingerprint density at radius 1 is 1.44 bits per heavy atom. The minimum Gasteiger partial charge on any atom is -0.463 e. The fourth-order valence-electron chi connectivity index (χ4n) is 1.27. The summed E-state index contributed by atoms with van der Waals surface area (Å²) in [7, 11) is 0. The average Bonchev–Trinajstić information content (AvgIpc) is 2.96. The lowest BCUT2D eigenvalue weighted by Gasteiger charge is -1.85. The number of hydrogen-bond acceptors (Lipinski definition) is 6. The van der Waals surface area contributed by atoms with Crippen LogP contribution in [0.25, 0.3) is 5.78 Å². The van der Waals surface area contributed by atoms with E-state index < -0.39 is 0 Å². The minimum absolute atomic E-state index is 0.392. The van der Waals surface area contributed by atoms with Gasteiger partial charge in [-0.3, -0.25) is 0 Å². The first-order chi connectivity index (χ1) is 7.84. The van der Waals surface area contributed by atoms with Gasteiger partial charge in [0.1, 0.15) is 12.1 Å². The average molecular weight is 217 g/mol. The molecule has 8 nitrogen and oxygen atoms in total. The molecule has 0 unspecified atom stereocenters. The SMILES string of the molecule is Nn1ncn2c(/N=C\c3ccco3)nnc12. The molecule has 0 bridgehead atoms. The summed E-state index contributed by atoms with van der Waals surface area (Å²) < 4.78 is 6.67. The molecular formula is C8H7N7O. The number of nitrogen functional groups attached to an aromatic ring is 1. The molecule has 0 aromatic carbocycles. The molecule has 0 atom stereocenters. The number of fused-ring (bicyclic) bond motifs is 1. The van der Waals surface area contributed by atoms with Crippen molar-refractivity contribution in [2.75, 3.05) is 5.84 Å². The van der Waals surface area contributed by atoms with E-state index >= 15 is 0 Å². The van der Waals surface area contributed by atoms with Crippen LogP contribution in [0.15, 0.2) is 34.1 Å². The van der Waals surface area contributed by atoms with Gasteiger partial charge < -0.3 is 10.3 Å². The molecule has 0 fully saturated rings. The quantitative estimate of drug-likeness (QED) is 0.480. The van der Waals surface area contributed by atoms with Gasteiger partial charge in [-0.2, -0.15) is 0 Å². The molecule has 0 aliphatic heterocycles. The Morgan fingerprint density at radius 3 is 3.19 bits per heavy atom. The summed E-state index contributed by atoms with van der Waals surface area (Å²) in [5, 5.41) is 11.5. The smallest absolute Gasteiger partial charge is 0.274 e. The van der Waals surface area contributed by atoms with Crippen molar-refractivity contribution in [1.82, 2.24) is 24.5 Å². The predicted molar refractivity (Wildman–Crippen MR) is 54.9 cm³/mol. The number of rotatable bonds is 2. The van der Waals surface area contributed by atoms with Gasteiger partial charge in [0.15, 0.2) is 0 Å². The van der Waals surface area contributed by atoms with Crippen molar-refractivity contribution in [3.05, 3.63) is 30.5 Å². The summed E-state index contributed by atoms with van der Waals surface area (Å²) in [5.74, 6) is 6.94. The lowest BCUT2D eigenvalue weighted by molar-refractivity contribution is 0.560. The normalized spacial score (nSPS) is 11.8. The van der Waals surface area contributed by atoms with E-state index in [0.717, 1.165) is 4.79 Å². The van der Waals surface area contributed by atoms with Gasteiger partial charge in [-0.25, -0.2) is 9.39 Å². The van der Waals surface area contributed by atoms with Gasteiger partial charge in [-0.05, 0) is 12.1 Å². The van der Waals surface area contributed by atoms with Gasteiger partial charge in [-0.15, -0.1) is 20.1 Å². The van der Waals surface area contributed by atoms with Gasteiger partial charge in [0.25, 0.3) is 11.7 Å². The van der Waals surface area contributed by atoms with Crippen molar-refractivity contribution >= 4 is 17.9 Å². The largest absolute Gasteiger partial charge is 0.463 e. The number of aromatic nitrogens is 5. The fourth-order valence-corrected chi connectivity index (χ4v) is 1.27. The van der Waals surface area contributed by atoms with E-state index in [1.807, 2.05) is 0 Å². The molecule has 80 valence electrons. The summed E-state index contributed by atoms with van der Waals surface area (Å²) in [5.41, 5.74) is 0. The standard InChI is InChI=1S/C8H7N7O/c9-15-8-13-12-7(14(8)5-11-15)10-4-6-2-1-3-16-6/h1-5H,9H2/b10-4-. The summed E-state index contributed by atoms with van der Waals surface area (Å²) in [6.07, 6.45) is 4.60. The maximum absolute atomic E-state index is 5.49. The highest BCUT2D eigenvalue weighted by molar-refractivity contribution is 5.77. The molecule has 8 heteroatoms. The summed E-state index contributed by atoms with van der Waals surface area (Å²) in [6.45, 7) is 0. The second kappa shape index (κ2) is 3.19. The number of hydrogen-bond donors (Lipinski definition) is 1. The van der Waals surface area contributed by atoms with Crippen LogP contribution in [-0.2, 0) is 0 Å². The third-order valence-corrected chi connectivity index (χ3v) is 2.01. The Morgan fingerprint density at radius 2 is 2.38 bits per heavy atom. The third kappa shape index (κ3) is 1.24. The van der Waals surface area contributed by atoms with Gasteiger partial charge in [0, 0.05) is 0 Å². The molecule has 0 amide bonds. The maximum atomic E-state index is 5.49. The van der Waals surface area contributed by atoms with Crippen LogP contribution < -0.4 is 5.84 Å². The predicted octanol–water partition coefficient (Wildman–Crippen LogP) is -0.0168. The van der Waals surface area contributed by atoms with Crippen LogP contribution in [-0.4, -0.2) is 30.7 Å². The zero-order valence-corrected chi connectivity index (χ0v) is 8.06. The Labute approximate surface area is 89.0 Å².